The van der Waals surface area contributed by atoms with E-state index in [1.54, 1.807) is 24.3 Å². The Kier molecular flexibility index (Phi) is 9.03. The quantitative estimate of drug-likeness (QED) is 0.252. The lowest BCUT2D eigenvalue weighted by molar-refractivity contribution is -0.136. The van der Waals surface area contributed by atoms with Crippen LogP contribution in [-0.4, -0.2) is 30.9 Å². The third-order valence-corrected chi connectivity index (χ3v) is 7.72. The molecule has 1 aliphatic rings. The van der Waals surface area contributed by atoms with Crippen LogP contribution >= 0.6 is 11.3 Å². The molecule has 1 atom stereocenters. The number of benzene rings is 3. The zero-order valence-electron chi connectivity index (χ0n) is 23.9. The molecule has 0 saturated carbocycles. The number of thiazole rings is 1. The lowest BCUT2D eigenvalue weighted by atomic mass is 9.97. The molecule has 10 heteroatoms. The third kappa shape index (κ3) is 6.22. The summed E-state index contributed by atoms with van der Waals surface area (Å²) in [5.41, 5.74) is 2.76. The number of carbonyl (C=O) groups is 1. The highest BCUT2D eigenvalue weighted by Crippen LogP contribution is 2.35. The minimum atomic E-state index is -0.771. The molecule has 2 heterocycles. The lowest BCUT2D eigenvalue weighted by Crippen LogP contribution is -2.39. The number of carbonyl (C=O) groups excluding carboxylic acids is 1. The van der Waals surface area contributed by atoms with Gasteiger partial charge in [-0.1, -0.05) is 47.7 Å². The number of hydrogen-bond donors (Lipinski definition) is 0. The van der Waals surface area contributed by atoms with Crippen LogP contribution in [0.5, 0.6) is 17.2 Å². The third-order valence-electron chi connectivity index (χ3n) is 6.72. The molecular weight excluding hydrogens is 566 g/mol. The maximum absolute atomic E-state index is 13.8. The van der Waals surface area contributed by atoms with Gasteiger partial charge in [0, 0.05) is 11.8 Å². The van der Waals surface area contributed by atoms with Crippen molar-refractivity contribution < 1.29 is 23.7 Å². The van der Waals surface area contributed by atoms with Gasteiger partial charge in [-0.05, 0) is 61.4 Å². The molecule has 0 radical (unpaired) electrons. The van der Waals surface area contributed by atoms with Gasteiger partial charge in [0.05, 0.1) is 48.1 Å². The topological polar surface area (TPSA) is 112 Å². The van der Waals surface area contributed by atoms with E-state index in [0.717, 1.165) is 11.1 Å². The van der Waals surface area contributed by atoms with E-state index in [9.17, 15) is 14.9 Å². The predicted molar refractivity (Wildman–Crippen MR) is 162 cm³/mol. The van der Waals surface area contributed by atoms with Crippen molar-refractivity contribution in [3.8, 4) is 23.3 Å². The second-order valence-corrected chi connectivity index (χ2v) is 10.4. The summed E-state index contributed by atoms with van der Waals surface area (Å²) in [6, 6.07) is 21.4. The SMILES string of the molecule is CCOc1ccc([C@@H]2C(C(=O)OC)=CN=c3s/c(=C\c4ccc(OCc5ccccc5C#N)cc4)c(=O)n32)cc1OCC. The Labute approximate surface area is 252 Å². The van der Waals surface area contributed by atoms with Gasteiger partial charge >= 0.3 is 5.97 Å². The number of rotatable bonds is 10. The first kappa shape index (κ1) is 29.4. The van der Waals surface area contributed by atoms with Gasteiger partial charge in [0.25, 0.3) is 5.56 Å². The average Bonchev–Trinajstić information content (AvgIpc) is 3.35. The summed E-state index contributed by atoms with van der Waals surface area (Å²) in [6.07, 6.45) is 3.24. The Bertz CT molecular complexity index is 1900. The fraction of sp³-hybridized carbons (Fsp3) is 0.212. The highest BCUT2D eigenvalue weighted by Gasteiger charge is 2.31. The summed E-state index contributed by atoms with van der Waals surface area (Å²) in [6.45, 7) is 4.91. The summed E-state index contributed by atoms with van der Waals surface area (Å²) < 4.78 is 24.4. The molecule has 0 aliphatic carbocycles. The molecule has 0 spiro atoms. The van der Waals surface area contributed by atoms with E-state index in [0.29, 0.717) is 50.9 Å². The van der Waals surface area contributed by atoms with Crippen molar-refractivity contribution in [2.75, 3.05) is 20.3 Å². The van der Waals surface area contributed by atoms with E-state index in [2.05, 4.69) is 11.1 Å². The smallest absolute Gasteiger partial charge is 0.337 e. The van der Waals surface area contributed by atoms with Crippen LogP contribution in [0.1, 0.15) is 42.1 Å². The molecule has 4 aromatic rings. The van der Waals surface area contributed by atoms with Crippen LogP contribution in [0.2, 0.25) is 0 Å². The van der Waals surface area contributed by atoms with Crippen LogP contribution in [0.3, 0.4) is 0 Å². The minimum Gasteiger partial charge on any atom is -0.490 e. The van der Waals surface area contributed by atoms with Gasteiger partial charge in [0.1, 0.15) is 12.4 Å². The van der Waals surface area contributed by atoms with Crippen molar-refractivity contribution >= 4 is 23.4 Å². The molecule has 43 heavy (non-hydrogen) atoms. The number of ether oxygens (including phenoxy) is 4. The molecule has 9 nitrogen and oxygen atoms in total. The van der Waals surface area contributed by atoms with Crippen LogP contribution in [0.15, 0.2) is 88.3 Å². The van der Waals surface area contributed by atoms with E-state index >= 15 is 0 Å². The minimum absolute atomic E-state index is 0.229. The van der Waals surface area contributed by atoms with Crippen LogP contribution in [0.4, 0.5) is 0 Å². The molecule has 0 amide bonds. The van der Waals surface area contributed by atoms with Crippen molar-refractivity contribution in [1.29, 1.82) is 5.26 Å². The van der Waals surface area contributed by atoms with Gasteiger partial charge in [-0.2, -0.15) is 5.26 Å². The zero-order chi connectivity index (χ0) is 30.3. The number of nitrogens with zero attached hydrogens (tertiary/aromatic N) is 3. The molecule has 0 unspecified atom stereocenters. The monoisotopic (exact) mass is 595 g/mol. The fourth-order valence-electron chi connectivity index (χ4n) is 4.72. The Hall–Kier alpha value is -5.14. The summed E-state index contributed by atoms with van der Waals surface area (Å²) in [5, 5.41) is 9.30. The molecule has 0 fully saturated rings. The van der Waals surface area contributed by atoms with Crippen LogP contribution < -0.4 is 29.1 Å². The molecule has 0 saturated heterocycles. The molecular formula is C33H29N3O6S. The average molecular weight is 596 g/mol. The zero-order valence-corrected chi connectivity index (χ0v) is 24.7. The van der Waals surface area contributed by atoms with E-state index < -0.39 is 12.0 Å². The van der Waals surface area contributed by atoms with E-state index in [1.807, 2.05) is 62.4 Å². The normalized spacial score (nSPS) is 14.1. The Morgan fingerprint density at radius 2 is 1.77 bits per heavy atom. The molecule has 3 aromatic carbocycles. The summed E-state index contributed by atoms with van der Waals surface area (Å²) >= 11 is 1.23. The largest absolute Gasteiger partial charge is 0.490 e. The van der Waals surface area contributed by atoms with E-state index in [-0.39, 0.29) is 17.7 Å². The van der Waals surface area contributed by atoms with Crippen molar-refractivity contribution in [2.45, 2.75) is 26.5 Å². The first-order valence-electron chi connectivity index (χ1n) is 13.7. The van der Waals surface area contributed by atoms with Crippen molar-refractivity contribution in [3.63, 3.8) is 0 Å². The highest BCUT2D eigenvalue weighted by atomic mass is 32.1. The first-order valence-corrected chi connectivity index (χ1v) is 14.5. The maximum atomic E-state index is 13.8. The number of hydrogen-bond acceptors (Lipinski definition) is 9. The fourth-order valence-corrected chi connectivity index (χ4v) is 5.68. The Morgan fingerprint density at radius 3 is 2.49 bits per heavy atom. The molecule has 218 valence electrons. The standard InChI is InChI=1S/C33H29N3O6S/c1-4-40-27-15-12-22(17-28(27)41-5-2)30-26(32(38)39-3)19-35-33-36(30)31(37)29(43-33)16-21-10-13-25(14-11-21)42-20-24-9-7-6-8-23(24)18-34/h6-17,19,30H,4-5,20H2,1-3H3/b29-16-/t30-/m1/s1. The first-order chi connectivity index (χ1) is 21.0. The maximum Gasteiger partial charge on any atom is 0.337 e. The van der Waals surface area contributed by atoms with Gasteiger partial charge in [0.15, 0.2) is 16.3 Å². The van der Waals surface area contributed by atoms with E-state index in [4.69, 9.17) is 18.9 Å². The van der Waals surface area contributed by atoms with Crippen molar-refractivity contribution in [3.05, 3.63) is 120 Å². The summed E-state index contributed by atoms with van der Waals surface area (Å²) in [5.74, 6) is 1.15. The van der Waals surface area contributed by atoms with Crippen molar-refractivity contribution in [2.24, 2.45) is 4.99 Å². The number of methoxy groups -OCH3 is 1. The van der Waals surface area contributed by atoms with E-state index in [1.165, 1.54) is 29.2 Å². The van der Waals surface area contributed by atoms with Crippen LogP contribution in [0.25, 0.3) is 6.08 Å². The number of nitriles is 1. The van der Waals surface area contributed by atoms with Gasteiger partial charge in [-0.3, -0.25) is 9.36 Å². The Balaban J connectivity index is 1.48. The van der Waals surface area contributed by atoms with Gasteiger partial charge in [0.2, 0.25) is 0 Å². The molecule has 0 N–H and O–H groups in total. The number of aromatic nitrogens is 1. The Morgan fingerprint density at radius 1 is 1.02 bits per heavy atom. The predicted octanol–water partition coefficient (Wildman–Crippen LogP) is 4.27. The number of fused-ring (bicyclic) bond motifs is 1. The van der Waals surface area contributed by atoms with Crippen molar-refractivity contribution in [1.82, 2.24) is 4.57 Å². The van der Waals surface area contributed by atoms with Gasteiger partial charge < -0.3 is 18.9 Å². The molecule has 5 rings (SSSR count). The second-order valence-electron chi connectivity index (χ2n) is 9.37. The van der Waals surface area contributed by atoms with Gasteiger partial charge in [-0.15, -0.1) is 0 Å². The molecule has 0 bridgehead atoms. The molecule has 1 aliphatic heterocycles. The number of esters is 1. The second kappa shape index (κ2) is 13.2. The van der Waals surface area contributed by atoms with Crippen LogP contribution in [0, 0.1) is 11.3 Å². The summed E-state index contributed by atoms with van der Waals surface area (Å²) in [4.78, 5) is 31.5. The molecule has 1 aromatic heterocycles. The van der Waals surface area contributed by atoms with Gasteiger partial charge in [-0.25, -0.2) is 9.79 Å². The lowest BCUT2D eigenvalue weighted by Gasteiger charge is -2.23. The summed E-state index contributed by atoms with van der Waals surface area (Å²) in [7, 11) is 1.30. The van der Waals surface area contributed by atoms with Crippen LogP contribution in [-0.2, 0) is 16.1 Å². The highest BCUT2D eigenvalue weighted by molar-refractivity contribution is 7.07.